The number of halogens is 1. The number of anilines is 1. The molecular formula is C24H25FN4O4. The first-order valence-electron chi connectivity index (χ1n) is 11.0. The SMILES string of the molecule is Cc1ccc2c(N3CCC(N(C(=O)O)C4CCOC4)C3)nc(-c3c(O)cccc3F)nc2c1. The summed E-state index contributed by atoms with van der Waals surface area (Å²) in [7, 11) is 0. The fourth-order valence-electron chi connectivity index (χ4n) is 4.82. The van der Waals surface area contributed by atoms with Crippen molar-refractivity contribution in [2.24, 2.45) is 0 Å². The van der Waals surface area contributed by atoms with Crippen LogP contribution in [0.5, 0.6) is 5.75 Å². The molecule has 2 unspecified atom stereocenters. The Morgan fingerprint density at radius 3 is 2.79 bits per heavy atom. The van der Waals surface area contributed by atoms with Crippen LogP contribution in [0.25, 0.3) is 22.3 Å². The van der Waals surface area contributed by atoms with Crippen molar-refractivity contribution in [3.8, 4) is 17.1 Å². The lowest BCUT2D eigenvalue weighted by Gasteiger charge is -2.31. The third-order valence-corrected chi connectivity index (χ3v) is 6.42. The van der Waals surface area contributed by atoms with Crippen LogP contribution in [-0.4, -0.2) is 69.6 Å². The zero-order valence-corrected chi connectivity index (χ0v) is 18.2. The maximum absolute atomic E-state index is 14.6. The van der Waals surface area contributed by atoms with E-state index in [0.717, 1.165) is 10.9 Å². The largest absolute Gasteiger partial charge is 0.507 e. The molecule has 0 spiro atoms. The first kappa shape index (κ1) is 21.4. The van der Waals surface area contributed by atoms with E-state index in [0.29, 0.717) is 50.5 Å². The second-order valence-corrected chi connectivity index (χ2v) is 8.62. The average Bonchev–Trinajstić information content (AvgIpc) is 3.46. The molecule has 0 radical (unpaired) electrons. The lowest BCUT2D eigenvalue weighted by molar-refractivity contribution is 0.0928. The van der Waals surface area contributed by atoms with Crippen LogP contribution in [0, 0.1) is 12.7 Å². The number of aryl methyl sites for hydroxylation is 1. The summed E-state index contributed by atoms with van der Waals surface area (Å²) in [5.41, 5.74) is 1.59. The Labute approximate surface area is 190 Å². The van der Waals surface area contributed by atoms with Gasteiger partial charge in [-0.1, -0.05) is 12.1 Å². The second-order valence-electron chi connectivity index (χ2n) is 8.62. The molecule has 2 aliphatic heterocycles. The standard InChI is InChI=1S/C24H25FN4O4/c1-14-5-6-17-19(11-14)26-22(21-18(25)3-2-4-20(21)30)27-23(17)28-9-7-15(12-28)29(24(31)32)16-8-10-33-13-16/h2-6,11,15-16,30H,7-10,12-13H2,1H3,(H,31,32). The zero-order chi connectivity index (χ0) is 23.1. The summed E-state index contributed by atoms with van der Waals surface area (Å²) in [6.45, 7) is 3.99. The van der Waals surface area contributed by atoms with Crippen LogP contribution in [0.4, 0.5) is 15.0 Å². The van der Waals surface area contributed by atoms with Crippen LogP contribution >= 0.6 is 0 Å². The molecule has 5 rings (SSSR count). The molecule has 2 atom stereocenters. The molecule has 0 saturated carbocycles. The fraction of sp³-hybridized carbons (Fsp3) is 0.375. The Bertz CT molecular complexity index is 1190. The number of fused-ring (bicyclic) bond motifs is 1. The molecule has 3 heterocycles. The van der Waals surface area contributed by atoms with Crippen molar-refractivity contribution < 1.29 is 24.1 Å². The molecule has 1 amide bonds. The molecule has 2 fully saturated rings. The Kier molecular flexibility index (Phi) is 5.49. The van der Waals surface area contributed by atoms with E-state index in [2.05, 4.69) is 9.97 Å². The van der Waals surface area contributed by atoms with Crippen LogP contribution in [0.15, 0.2) is 36.4 Å². The van der Waals surface area contributed by atoms with E-state index in [9.17, 15) is 19.4 Å². The van der Waals surface area contributed by atoms with Crippen LogP contribution in [0.3, 0.4) is 0 Å². The number of ether oxygens (including phenoxy) is 1. The van der Waals surface area contributed by atoms with E-state index in [1.165, 1.54) is 23.1 Å². The second kappa shape index (κ2) is 8.47. The van der Waals surface area contributed by atoms with Crippen molar-refractivity contribution in [3.63, 3.8) is 0 Å². The van der Waals surface area contributed by atoms with Gasteiger partial charge in [0.05, 0.1) is 29.8 Å². The van der Waals surface area contributed by atoms with E-state index in [1.807, 2.05) is 30.0 Å². The Balaban J connectivity index is 1.56. The van der Waals surface area contributed by atoms with Gasteiger partial charge < -0.3 is 19.8 Å². The molecular weight excluding hydrogens is 427 g/mol. The normalized spacial score (nSPS) is 20.5. The molecule has 2 aromatic carbocycles. The monoisotopic (exact) mass is 452 g/mol. The third-order valence-electron chi connectivity index (χ3n) is 6.42. The lowest BCUT2D eigenvalue weighted by atomic mass is 10.1. The van der Waals surface area contributed by atoms with Crippen molar-refractivity contribution in [1.82, 2.24) is 14.9 Å². The summed E-state index contributed by atoms with van der Waals surface area (Å²) in [6.07, 6.45) is 0.396. The van der Waals surface area contributed by atoms with Gasteiger partial charge in [-0.25, -0.2) is 19.2 Å². The van der Waals surface area contributed by atoms with Gasteiger partial charge in [0.1, 0.15) is 17.4 Å². The highest BCUT2D eigenvalue weighted by atomic mass is 19.1. The van der Waals surface area contributed by atoms with Gasteiger partial charge in [0.15, 0.2) is 5.82 Å². The van der Waals surface area contributed by atoms with Gasteiger partial charge in [-0.3, -0.25) is 4.90 Å². The summed E-state index contributed by atoms with van der Waals surface area (Å²) in [5, 5.41) is 21.0. The van der Waals surface area contributed by atoms with Gasteiger partial charge in [-0.15, -0.1) is 0 Å². The predicted octanol–water partition coefficient (Wildman–Crippen LogP) is 3.80. The molecule has 2 saturated heterocycles. The number of hydrogen-bond acceptors (Lipinski definition) is 6. The number of aromatic nitrogens is 2. The molecule has 0 bridgehead atoms. The van der Waals surface area contributed by atoms with E-state index in [1.54, 1.807) is 0 Å². The van der Waals surface area contributed by atoms with Gasteiger partial charge in [0, 0.05) is 25.1 Å². The van der Waals surface area contributed by atoms with Crippen molar-refractivity contribution in [1.29, 1.82) is 0 Å². The Hall–Kier alpha value is -3.46. The van der Waals surface area contributed by atoms with E-state index in [4.69, 9.17) is 4.74 Å². The minimum atomic E-state index is -0.947. The van der Waals surface area contributed by atoms with Gasteiger partial charge in [-0.05, 0) is 49.6 Å². The number of benzene rings is 2. The molecule has 1 aromatic heterocycles. The number of hydrogen-bond donors (Lipinski definition) is 2. The van der Waals surface area contributed by atoms with Gasteiger partial charge >= 0.3 is 6.09 Å². The first-order valence-corrected chi connectivity index (χ1v) is 11.0. The predicted molar refractivity (Wildman–Crippen MR) is 121 cm³/mol. The molecule has 3 aromatic rings. The summed E-state index contributed by atoms with van der Waals surface area (Å²) in [5.74, 6) is -0.134. The number of aromatic hydroxyl groups is 1. The lowest BCUT2D eigenvalue weighted by Crippen LogP contribution is -2.48. The fourth-order valence-corrected chi connectivity index (χ4v) is 4.82. The van der Waals surface area contributed by atoms with Crippen molar-refractivity contribution in [2.75, 3.05) is 31.2 Å². The van der Waals surface area contributed by atoms with Crippen LogP contribution in [-0.2, 0) is 4.74 Å². The number of amides is 1. The first-order chi connectivity index (χ1) is 15.9. The van der Waals surface area contributed by atoms with Crippen molar-refractivity contribution in [2.45, 2.75) is 31.8 Å². The van der Waals surface area contributed by atoms with Gasteiger partial charge in [-0.2, -0.15) is 0 Å². The van der Waals surface area contributed by atoms with Crippen molar-refractivity contribution >= 4 is 22.8 Å². The molecule has 172 valence electrons. The van der Waals surface area contributed by atoms with Crippen LogP contribution in [0.2, 0.25) is 0 Å². The highest BCUT2D eigenvalue weighted by molar-refractivity contribution is 5.92. The molecule has 0 aliphatic carbocycles. The summed E-state index contributed by atoms with van der Waals surface area (Å²) in [4.78, 5) is 24.8. The maximum atomic E-state index is 14.6. The quantitative estimate of drug-likeness (QED) is 0.621. The maximum Gasteiger partial charge on any atom is 0.407 e. The summed E-state index contributed by atoms with van der Waals surface area (Å²) < 4.78 is 20.0. The average molecular weight is 452 g/mol. The van der Waals surface area contributed by atoms with E-state index < -0.39 is 11.9 Å². The number of phenolic OH excluding ortho intramolecular Hbond substituents is 1. The smallest absolute Gasteiger partial charge is 0.407 e. The minimum Gasteiger partial charge on any atom is -0.507 e. The Morgan fingerprint density at radius 1 is 1.21 bits per heavy atom. The topological polar surface area (TPSA) is 99.0 Å². The third kappa shape index (κ3) is 3.93. The number of rotatable bonds is 4. The number of carbonyl (C=O) groups is 1. The van der Waals surface area contributed by atoms with Gasteiger partial charge in [0.2, 0.25) is 0 Å². The van der Waals surface area contributed by atoms with Crippen LogP contribution < -0.4 is 4.90 Å². The van der Waals surface area contributed by atoms with E-state index in [-0.39, 0.29) is 29.2 Å². The highest BCUT2D eigenvalue weighted by Crippen LogP contribution is 2.35. The highest BCUT2D eigenvalue weighted by Gasteiger charge is 2.37. The summed E-state index contributed by atoms with van der Waals surface area (Å²) in [6, 6.07) is 9.53. The number of nitrogens with zero attached hydrogens (tertiary/aromatic N) is 4. The molecule has 2 aliphatic rings. The molecule has 8 nitrogen and oxygen atoms in total. The zero-order valence-electron chi connectivity index (χ0n) is 18.2. The minimum absolute atomic E-state index is 0.0480. The molecule has 9 heteroatoms. The van der Waals surface area contributed by atoms with Gasteiger partial charge in [0.25, 0.3) is 0 Å². The van der Waals surface area contributed by atoms with Crippen LogP contribution in [0.1, 0.15) is 18.4 Å². The van der Waals surface area contributed by atoms with E-state index >= 15 is 0 Å². The van der Waals surface area contributed by atoms with Crippen molar-refractivity contribution in [3.05, 3.63) is 47.8 Å². The summed E-state index contributed by atoms with van der Waals surface area (Å²) >= 11 is 0. The Morgan fingerprint density at radius 2 is 2.06 bits per heavy atom. The number of phenols is 1. The molecule has 33 heavy (non-hydrogen) atoms. The number of carboxylic acid groups (broad SMARTS) is 1. The molecule has 2 N–H and O–H groups in total.